The van der Waals surface area contributed by atoms with E-state index in [-0.39, 0.29) is 11.8 Å². The van der Waals surface area contributed by atoms with Crippen molar-refractivity contribution in [2.24, 2.45) is 11.7 Å². The lowest BCUT2D eigenvalue weighted by Gasteiger charge is -2.21. The van der Waals surface area contributed by atoms with Crippen LogP contribution in [0.2, 0.25) is 0 Å². The number of carbonyl (C=O) groups is 2. The topological polar surface area (TPSA) is 99.2 Å². The van der Waals surface area contributed by atoms with E-state index >= 15 is 0 Å². The number of benzene rings is 1. The molecule has 1 saturated heterocycles. The summed E-state index contributed by atoms with van der Waals surface area (Å²) in [6, 6.07) is 5.15. The number of nitrogens with zero attached hydrogens (tertiary/aromatic N) is 2. The summed E-state index contributed by atoms with van der Waals surface area (Å²) >= 11 is 0. The zero-order valence-electron chi connectivity index (χ0n) is 13.7. The Morgan fingerprint density at radius 1 is 1.46 bits per heavy atom. The predicted molar refractivity (Wildman–Crippen MR) is 90.7 cm³/mol. The molecule has 0 radical (unpaired) electrons. The van der Waals surface area contributed by atoms with Gasteiger partial charge in [0.2, 0.25) is 17.8 Å². The number of rotatable bonds is 5. The highest BCUT2D eigenvalue weighted by atomic mass is 16.5. The lowest BCUT2D eigenvalue weighted by atomic mass is 10.0. The average Bonchev–Trinajstić information content (AvgIpc) is 2.92. The second-order valence-electron chi connectivity index (χ2n) is 6.06. The average molecular weight is 330 g/mol. The number of anilines is 1. The second kappa shape index (κ2) is 7.00. The Morgan fingerprint density at radius 2 is 2.29 bits per heavy atom. The fraction of sp³-hybridized carbons (Fsp3) is 0.471. The molecule has 0 unspecified atom stereocenters. The Morgan fingerprint density at radius 3 is 2.96 bits per heavy atom. The molecule has 2 aromatic rings. The summed E-state index contributed by atoms with van der Waals surface area (Å²) in [6.07, 6.45) is 2.62. The molecule has 2 heterocycles. The number of aromatic nitrogens is 2. The number of ether oxygens (including phenoxy) is 1. The van der Waals surface area contributed by atoms with Crippen LogP contribution in [0.3, 0.4) is 0 Å². The molecule has 0 saturated carbocycles. The summed E-state index contributed by atoms with van der Waals surface area (Å²) in [6.45, 7) is 3.95. The van der Waals surface area contributed by atoms with Crippen molar-refractivity contribution in [3.05, 3.63) is 23.8 Å². The van der Waals surface area contributed by atoms with E-state index in [0.717, 1.165) is 31.3 Å². The van der Waals surface area contributed by atoms with Crippen LogP contribution in [0.5, 0.6) is 0 Å². The number of nitrogens with one attached hydrogen (secondary N) is 1. The molecule has 0 bridgehead atoms. The Labute approximate surface area is 140 Å². The quantitative estimate of drug-likeness (QED) is 0.874. The highest BCUT2D eigenvalue weighted by molar-refractivity contribution is 5.97. The van der Waals surface area contributed by atoms with Crippen LogP contribution in [0.25, 0.3) is 11.0 Å². The van der Waals surface area contributed by atoms with Crippen LogP contribution in [0.15, 0.2) is 18.2 Å². The van der Waals surface area contributed by atoms with Gasteiger partial charge < -0.3 is 15.0 Å². The molecule has 7 nitrogen and oxygen atoms in total. The first-order valence-electron chi connectivity index (χ1n) is 8.29. The molecule has 1 aromatic heterocycles. The standard InChI is InChI=1S/C17H22N4O3/c1-2-7-21-14-6-5-11(15(18)22)9-13(14)19-17(21)20-16(23)12-4-3-8-24-10-12/h5-6,9,12H,2-4,7-8,10H2,1H3,(H2,18,22)(H,19,20,23)/t12-/m1/s1. The van der Waals surface area contributed by atoms with Gasteiger partial charge in [-0.15, -0.1) is 0 Å². The molecular weight excluding hydrogens is 308 g/mol. The first-order chi connectivity index (χ1) is 11.6. The molecule has 1 atom stereocenters. The van der Waals surface area contributed by atoms with Gasteiger partial charge in [-0.2, -0.15) is 0 Å². The molecule has 24 heavy (non-hydrogen) atoms. The van der Waals surface area contributed by atoms with Crippen LogP contribution < -0.4 is 11.1 Å². The third-order valence-electron chi connectivity index (χ3n) is 4.25. The van der Waals surface area contributed by atoms with Gasteiger partial charge in [0.1, 0.15) is 0 Å². The highest BCUT2D eigenvalue weighted by Gasteiger charge is 2.23. The minimum atomic E-state index is -0.494. The van der Waals surface area contributed by atoms with E-state index in [1.807, 2.05) is 10.6 Å². The van der Waals surface area contributed by atoms with E-state index in [2.05, 4.69) is 17.2 Å². The fourth-order valence-corrected chi connectivity index (χ4v) is 2.99. The van der Waals surface area contributed by atoms with Gasteiger partial charge in [-0.05, 0) is 37.5 Å². The predicted octanol–water partition coefficient (Wildman–Crippen LogP) is 1.91. The Bertz CT molecular complexity index is 763. The Hall–Kier alpha value is -2.41. The smallest absolute Gasteiger partial charge is 0.248 e. The summed E-state index contributed by atoms with van der Waals surface area (Å²) < 4.78 is 7.34. The van der Waals surface area contributed by atoms with Crippen LogP contribution in [0.4, 0.5) is 5.95 Å². The van der Waals surface area contributed by atoms with Crippen molar-refractivity contribution >= 4 is 28.8 Å². The largest absolute Gasteiger partial charge is 0.381 e. The van der Waals surface area contributed by atoms with Crippen molar-refractivity contribution in [3.8, 4) is 0 Å². The molecule has 1 fully saturated rings. The monoisotopic (exact) mass is 330 g/mol. The number of hydrogen-bond donors (Lipinski definition) is 2. The molecule has 3 rings (SSSR count). The summed E-state index contributed by atoms with van der Waals surface area (Å²) in [5.74, 6) is -0.205. The number of fused-ring (bicyclic) bond motifs is 1. The van der Waals surface area contributed by atoms with Gasteiger partial charge in [0, 0.05) is 18.7 Å². The number of primary amides is 1. The van der Waals surface area contributed by atoms with Crippen molar-refractivity contribution in [1.82, 2.24) is 9.55 Å². The maximum Gasteiger partial charge on any atom is 0.248 e. The van der Waals surface area contributed by atoms with E-state index in [9.17, 15) is 9.59 Å². The Kier molecular flexibility index (Phi) is 4.80. The molecule has 1 aliphatic heterocycles. The van der Waals surface area contributed by atoms with Crippen molar-refractivity contribution in [2.45, 2.75) is 32.7 Å². The number of aryl methyl sites for hydroxylation is 1. The van der Waals surface area contributed by atoms with Crippen molar-refractivity contribution in [3.63, 3.8) is 0 Å². The zero-order valence-corrected chi connectivity index (χ0v) is 13.7. The van der Waals surface area contributed by atoms with Crippen LogP contribution in [0.1, 0.15) is 36.5 Å². The minimum Gasteiger partial charge on any atom is -0.381 e. The van der Waals surface area contributed by atoms with Gasteiger partial charge in [0.05, 0.1) is 23.6 Å². The molecule has 1 aromatic carbocycles. The fourth-order valence-electron chi connectivity index (χ4n) is 2.99. The number of amides is 2. The third-order valence-corrected chi connectivity index (χ3v) is 4.25. The maximum absolute atomic E-state index is 12.5. The van der Waals surface area contributed by atoms with Gasteiger partial charge in [0.15, 0.2) is 0 Å². The minimum absolute atomic E-state index is 0.0718. The van der Waals surface area contributed by atoms with Gasteiger partial charge in [-0.25, -0.2) is 4.98 Å². The first-order valence-corrected chi connectivity index (χ1v) is 8.29. The lowest BCUT2D eigenvalue weighted by Crippen LogP contribution is -2.31. The zero-order chi connectivity index (χ0) is 17.1. The van der Waals surface area contributed by atoms with Gasteiger partial charge >= 0.3 is 0 Å². The second-order valence-corrected chi connectivity index (χ2v) is 6.06. The molecule has 1 aliphatic rings. The van der Waals surface area contributed by atoms with Crippen LogP contribution >= 0.6 is 0 Å². The van der Waals surface area contributed by atoms with Crippen LogP contribution in [-0.4, -0.2) is 34.6 Å². The first kappa shape index (κ1) is 16.4. The van der Waals surface area contributed by atoms with Gasteiger partial charge in [-0.3, -0.25) is 14.9 Å². The Balaban J connectivity index is 1.91. The number of imidazole rings is 1. The van der Waals surface area contributed by atoms with Crippen molar-refractivity contribution < 1.29 is 14.3 Å². The number of carbonyl (C=O) groups excluding carboxylic acids is 2. The summed E-state index contributed by atoms with van der Waals surface area (Å²) in [7, 11) is 0. The highest BCUT2D eigenvalue weighted by Crippen LogP contribution is 2.23. The summed E-state index contributed by atoms with van der Waals surface area (Å²) in [5, 5.41) is 2.92. The molecule has 0 aliphatic carbocycles. The van der Waals surface area contributed by atoms with E-state index in [1.54, 1.807) is 12.1 Å². The van der Waals surface area contributed by atoms with E-state index in [4.69, 9.17) is 10.5 Å². The van der Waals surface area contributed by atoms with Gasteiger partial charge in [-0.1, -0.05) is 6.92 Å². The third kappa shape index (κ3) is 3.26. The number of hydrogen-bond acceptors (Lipinski definition) is 4. The van der Waals surface area contributed by atoms with E-state index in [1.165, 1.54) is 0 Å². The molecule has 3 N–H and O–H groups in total. The van der Waals surface area contributed by atoms with Crippen molar-refractivity contribution in [1.29, 1.82) is 0 Å². The normalized spacial score (nSPS) is 17.8. The van der Waals surface area contributed by atoms with Crippen LogP contribution in [-0.2, 0) is 16.1 Å². The summed E-state index contributed by atoms with van der Waals surface area (Å²) in [4.78, 5) is 28.3. The SMILES string of the molecule is CCCn1c(NC(=O)[C@@H]2CCCOC2)nc2cc(C(N)=O)ccc21. The summed E-state index contributed by atoms with van der Waals surface area (Å²) in [5.41, 5.74) is 7.25. The van der Waals surface area contributed by atoms with E-state index in [0.29, 0.717) is 30.2 Å². The van der Waals surface area contributed by atoms with Crippen LogP contribution in [0, 0.1) is 5.92 Å². The maximum atomic E-state index is 12.5. The van der Waals surface area contributed by atoms with E-state index < -0.39 is 5.91 Å². The molecule has 0 spiro atoms. The molecule has 128 valence electrons. The van der Waals surface area contributed by atoms with Crippen molar-refractivity contribution in [2.75, 3.05) is 18.5 Å². The molecule has 7 heteroatoms. The molecule has 2 amide bonds. The molecular formula is C17H22N4O3. The number of nitrogens with two attached hydrogens (primary N) is 1. The lowest BCUT2D eigenvalue weighted by molar-refractivity contribution is -0.123. The van der Waals surface area contributed by atoms with Gasteiger partial charge in [0.25, 0.3) is 0 Å².